The second-order valence-electron chi connectivity index (χ2n) is 4.92. The van der Waals surface area contributed by atoms with Crippen LogP contribution in [-0.4, -0.2) is 28.2 Å². The number of rotatable bonds is 3. The highest BCUT2D eigenvalue weighted by atomic mass is 35.5. The summed E-state index contributed by atoms with van der Waals surface area (Å²) >= 11 is 5.80. The zero-order chi connectivity index (χ0) is 14.8. The third kappa shape index (κ3) is 2.88. The van der Waals surface area contributed by atoms with E-state index >= 15 is 0 Å². The minimum Gasteiger partial charge on any atom is -0.334 e. The summed E-state index contributed by atoms with van der Waals surface area (Å²) in [7, 11) is 0. The van der Waals surface area contributed by atoms with E-state index in [-0.39, 0.29) is 23.1 Å². The Morgan fingerprint density at radius 2 is 2.33 bits per heavy atom. The Morgan fingerprint density at radius 3 is 3.05 bits per heavy atom. The van der Waals surface area contributed by atoms with Gasteiger partial charge in [0, 0.05) is 23.6 Å². The Labute approximate surface area is 125 Å². The summed E-state index contributed by atoms with van der Waals surface area (Å²) in [4.78, 5) is 14.9. The van der Waals surface area contributed by atoms with E-state index in [9.17, 15) is 10.1 Å². The van der Waals surface area contributed by atoms with E-state index in [4.69, 9.17) is 16.1 Å². The van der Waals surface area contributed by atoms with Gasteiger partial charge in [0.1, 0.15) is 5.56 Å². The fourth-order valence-electron chi connectivity index (χ4n) is 2.42. The molecule has 3 rings (SSSR count). The van der Waals surface area contributed by atoms with Crippen molar-refractivity contribution in [2.45, 2.75) is 18.8 Å². The normalized spacial score (nSPS) is 18.6. The van der Waals surface area contributed by atoms with Crippen molar-refractivity contribution in [3.8, 4) is 11.5 Å². The number of benzene rings is 1. The van der Waals surface area contributed by atoms with Gasteiger partial charge in [-0.25, -0.2) is 0 Å². The minimum atomic E-state index is -0.507. The predicted molar refractivity (Wildman–Crippen MR) is 76.2 cm³/mol. The first-order valence-corrected chi connectivity index (χ1v) is 7.01. The van der Waals surface area contributed by atoms with Crippen molar-refractivity contribution < 1.29 is 9.45 Å². The molecule has 1 N–H and O–H groups in total. The lowest BCUT2D eigenvalue weighted by molar-refractivity contribution is -0.384. The first-order chi connectivity index (χ1) is 10.1. The van der Waals surface area contributed by atoms with Crippen LogP contribution in [0.25, 0.3) is 11.5 Å². The third-order valence-electron chi connectivity index (χ3n) is 3.49. The molecule has 0 spiro atoms. The van der Waals surface area contributed by atoms with Crippen LogP contribution in [0, 0.1) is 10.1 Å². The summed E-state index contributed by atoms with van der Waals surface area (Å²) in [5, 5.41) is 18.6. The van der Waals surface area contributed by atoms with Gasteiger partial charge >= 0.3 is 0 Å². The minimum absolute atomic E-state index is 0.139. The maximum atomic E-state index is 11.1. The van der Waals surface area contributed by atoms with Crippen molar-refractivity contribution in [2.24, 2.45) is 0 Å². The zero-order valence-electron chi connectivity index (χ0n) is 11.1. The molecule has 7 nitrogen and oxygen atoms in total. The molecule has 0 radical (unpaired) electrons. The van der Waals surface area contributed by atoms with E-state index in [1.165, 1.54) is 12.1 Å². The highest BCUT2D eigenvalue weighted by Crippen LogP contribution is 2.32. The molecule has 21 heavy (non-hydrogen) atoms. The van der Waals surface area contributed by atoms with E-state index in [0.29, 0.717) is 10.8 Å². The van der Waals surface area contributed by atoms with Gasteiger partial charge in [0.2, 0.25) is 0 Å². The molecular weight excluding hydrogens is 296 g/mol. The van der Waals surface area contributed by atoms with Gasteiger partial charge in [-0.15, -0.1) is 0 Å². The average Bonchev–Trinajstić information content (AvgIpc) is 2.97. The van der Waals surface area contributed by atoms with Crippen LogP contribution in [0.15, 0.2) is 22.7 Å². The molecule has 2 aromatic rings. The quantitative estimate of drug-likeness (QED) is 0.692. The van der Waals surface area contributed by atoms with E-state index < -0.39 is 4.92 Å². The Hall–Kier alpha value is -1.99. The molecule has 1 aliphatic rings. The van der Waals surface area contributed by atoms with Gasteiger partial charge in [-0.3, -0.25) is 10.1 Å². The van der Waals surface area contributed by atoms with Crippen LogP contribution in [0.5, 0.6) is 0 Å². The van der Waals surface area contributed by atoms with Crippen molar-refractivity contribution in [1.29, 1.82) is 0 Å². The Kier molecular flexibility index (Phi) is 3.85. The summed E-state index contributed by atoms with van der Waals surface area (Å²) in [5.41, 5.74) is 0.145. The lowest BCUT2D eigenvalue weighted by Crippen LogP contribution is -2.28. The average molecular weight is 309 g/mol. The first kappa shape index (κ1) is 14.0. The molecule has 8 heteroatoms. The molecule has 110 valence electrons. The van der Waals surface area contributed by atoms with Gasteiger partial charge in [0.25, 0.3) is 11.6 Å². The smallest absolute Gasteiger partial charge is 0.283 e. The molecule has 0 saturated carbocycles. The number of nitro benzene ring substituents is 1. The Bertz CT molecular complexity index is 667. The highest BCUT2D eigenvalue weighted by molar-refractivity contribution is 6.30. The second kappa shape index (κ2) is 5.79. The summed E-state index contributed by atoms with van der Waals surface area (Å²) in [6.07, 6.45) is 2.03. The highest BCUT2D eigenvalue weighted by Gasteiger charge is 2.24. The lowest BCUT2D eigenvalue weighted by Gasteiger charge is -2.19. The molecule has 1 aromatic carbocycles. The third-order valence-corrected chi connectivity index (χ3v) is 3.73. The molecule has 1 saturated heterocycles. The lowest BCUT2D eigenvalue weighted by atomic mass is 9.99. The maximum absolute atomic E-state index is 11.1. The van der Waals surface area contributed by atoms with Crippen LogP contribution in [-0.2, 0) is 0 Å². The molecule has 2 heterocycles. The summed E-state index contributed by atoms with van der Waals surface area (Å²) < 4.78 is 5.20. The summed E-state index contributed by atoms with van der Waals surface area (Å²) in [6.45, 7) is 1.78. The number of hydrogen-bond acceptors (Lipinski definition) is 6. The molecule has 0 aliphatic carbocycles. The largest absolute Gasteiger partial charge is 0.334 e. The number of nitrogens with one attached hydrogen (secondary N) is 1. The number of piperidine rings is 1. The number of hydrogen-bond donors (Lipinski definition) is 1. The number of aromatic nitrogens is 2. The van der Waals surface area contributed by atoms with Gasteiger partial charge in [-0.2, -0.15) is 4.98 Å². The molecule has 1 aromatic heterocycles. The second-order valence-corrected chi connectivity index (χ2v) is 5.36. The zero-order valence-corrected chi connectivity index (χ0v) is 11.8. The first-order valence-electron chi connectivity index (χ1n) is 6.64. The Balaban J connectivity index is 1.94. The van der Waals surface area contributed by atoms with Crippen LogP contribution < -0.4 is 5.32 Å². The Morgan fingerprint density at radius 1 is 1.48 bits per heavy atom. The number of halogens is 1. The predicted octanol–water partition coefficient (Wildman–Crippen LogP) is 2.77. The van der Waals surface area contributed by atoms with Crippen molar-refractivity contribution >= 4 is 17.3 Å². The van der Waals surface area contributed by atoms with Crippen LogP contribution in [0.3, 0.4) is 0 Å². The fourth-order valence-corrected chi connectivity index (χ4v) is 2.59. The standard InChI is InChI=1S/C13H13ClN4O3/c14-9-3-4-10(11(6-9)18(19)20)13-16-12(17-21-13)8-2-1-5-15-7-8/h3-4,6,8,15H,1-2,5,7H2. The summed E-state index contributed by atoms with van der Waals surface area (Å²) in [5.74, 6) is 0.919. The van der Waals surface area contributed by atoms with Crippen molar-refractivity contribution in [1.82, 2.24) is 15.5 Å². The SMILES string of the molecule is O=[N+]([O-])c1cc(Cl)ccc1-c1nc(C2CCCNC2)no1. The van der Waals surface area contributed by atoms with Gasteiger partial charge in [-0.1, -0.05) is 16.8 Å². The molecule has 1 atom stereocenters. The van der Waals surface area contributed by atoms with Crippen LogP contribution in [0.4, 0.5) is 5.69 Å². The van der Waals surface area contributed by atoms with E-state index in [0.717, 1.165) is 25.9 Å². The van der Waals surface area contributed by atoms with Crippen LogP contribution in [0.2, 0.25) is 5.02 Å². The molecule has 1 fully saturated rings. The molecule has 0 bridgehead atoms. The topological polar surface area (TPSA) is 94.1 Å². The molecule has 0 amide bonds. The van der Waals surface area contributed by atoms with Gasteiger partial charge in [0.05, 0.1) is 4.92 Å². The monoisotopic (exact) mass is 308 g/mol. The maximum Gasteiger partial charge on any atom is 0.283 e. The molecule has 1 aliphatic heterocycles. The van der Waals surface area contributed by atoms with Crippen molar-refractivity contribution in [3.05, 3.63) is 39.2 Å². The van der Waals surface area contributed by atoms with Crippen molar-refractivity contribution in [2.75, 3.05) is 13.1 Å². The van der Waals surface area contributed by atoms with E-state index in [1.54, 1.807) is 6.07 Å². The number of nitrogens with zero attached hydrogens (tertiary/aromatic N) is 3. The van der Waals surface area contributed by atoms with Crippen LogP contribution >= 0.6 is 11.6 Å². The van der Waals surface area contributed by atoms with Gasteiger partial charge < -0.3 is 9.84 Å². The molecular formula is C13H13ClN4O3. The summed E-state index contributed by atoms with van der Waals surface area (Å²) in [6, 6.07) is 4.37. The van der Waals surface area contributed by atoms with Crippen molar-refractivity contribution in [3.63, 3.8) is 0 Å². The van der Waals surface area contributed by atoms with E-state index in [1.807, 2.05) is 0 Å². The van der Waals surface area contributed by atoms with Crippen LogP contribution in [0.1, 0.15) is 24.6 Å². The van der Waals surface area contributed by atoms with E-state index in [2.05, 4.69) is 15.5 Å². The fraction of sp³-hybridized carbons (Fsp3) is 0.385. The van der Waals surface area contributed by atoms with Gasteiger partial charge in [0.15, 0.2) is 5.82 Å². The molecule has 1 unspecified atom stereocenters. The number of nitro groups is 1. The van der Waals surface area contributed by atoms with Gasteiger partial charge in [-0.05, 0) is 31.5 Å².